The molecule has 0 unspecified atom stereocenters. The molecule has 0 radical (unpaired) electrons. The number of benzene rings is 1. The van der Waals surface area contributed by atoms with Crippen LogP contribution in [-0.2, 0) is 11.3 Å². The van der Waals surface area contributed by atoms with E-state index in [1.165, 1.54) is 11.0 Å². The fourth-order valence-electron chi connectivity index (χ4n) is 2.33. The second kappa shape index (κ2) is 7.67. The predicted octanol–water partition coefficient (Wildman–Crippen LogP) is 1.82. The molecular formula is C15H22ClN3O3. The molecule has 0 saturated carbocycles. The molecule has 1 N–H and O–H groups in total. The van der Waals surface area contributed by atoms with Crippen molar-refractivity contribution < 1.29 is 14.6 Å². The van der Waals surface area contributed by atoms with E-state index in [1.54, 1.807) is 31.1 Å². The van der Waals surface area contributed by atoms with E-state index in [2.05, 4.69) is 4.90 Å². The van der Waals surface area contributed by atoms with Gasteiger partial charge in [-0.05, 0) is 23.8 Å². The number of hydrogen-bond donors (Lipinski definition) is 1. The van der Waals surface area contributed by atoms with Gasteiger partial charge in [0, 0.05) is 32.2 Å². The maximum atomic E-state index is 12.4. The van der Waals surface area contributed by atoms with Gasteiger partial charge in [0.1, 0.15) is 5.75 Å². The minimum atomic E-state index is -0.0918. The van der Waals surface area contributed by atoms with Crippen LogP contribution in [0.4, 0.5) is 4.79 Å². The van der Waals surface area contributed by atoms with Gasteiger partial charge in [-0.3, -0.25) is 4.90 Å². The summed E-state index contributed by atoms with van der Waals surface area (Å²) in [7, 11) is 3.44. The third-order valence-electron chi connectivity index (χ3n) is 3.52. The maximum Gasteiger partial charge on any atom is 0.320 e. The molecule has 7 heteroatoms. The van der Waals surface area contributed by atoms with Gasteiger partial charge >= 0.3 is 6.03 Å². The van der Waals surface area contributed by atoms with Crippen molar-refractivity contribution >= 4 is 17.6 Å². The highest BCUT2D eigenvalue weighted by atomic mass is 35.5. The first-order valence-electron chi connectivity index (χ1n) is 7.21. The quantitative estimate of drug-likeness (QED) is 0.916. The standard InChI is InChI=1S/C15H22ClN3O3/c1-17(2)15(21)19(11-18-5-7-22-8-6-18)10-12-9-13(20)3-4-14(12)16/h3-4,9,20H,5-8,10-11H2,1-2H3. The first-order valence-corrected chi connectivity index (χ1v) is 7.59. The van der Waals surface area contributed by atoms with Crippen LogP contribution in [0.15, 0.2) is 18.2 Å². The van der Waals surface area contributed by atoms with Crippen molar-refractivity contribution in [3.05, 3.63) is 28.8 Å². The number of urea groups is 1. The Labute approximate surface area is 135 Å². The van der Waals surface area contributed by atoms with Gasteiger partial charge in [-0.15, -0.1) is 0 Å². The molecule has 1 aromatic carbocycles. The summed E-state index contributed by atoms with van der Waals surface area (Å²) in [5, 5.41) is 10.2. The smallest absolute Gasteiger partial charge is 0.320 e. The van der Waals surface area contributed by atoms with Gasteiger partial charge in [-0.2, -0.15) is 0 Å². The molecule has 0 spiro atoms. The number of ether oxygens (including phenoxy) is 1. The topological polar surface area (TPSA) is 56.2 Å². The van der Waals surface area contributed by atoms with Crippen LogP contribution in [0.1, 0.15) is 5.56 Å². The minimum absolute atomic E-state index is 0.0918. The summed E-state index contributed by atoms with van der Waals surface area (Å²) < 4.78 is 5.33. The summed E-state index contributed by atoms with van der Waals surface area (Å²) in [4.78, 5) is 17.8. The highest BCUT2D eigenvalue weighted by Gasteiger charge is 2.21. The van der Waals surface area contributed by atoms with Crippen LogP contribution in [0.2, 0.25) is 5.02 Å². The van der Waals surface area contributed by atoms with Gasteiger partial charge in [0.25, 0.3) is 0 Å². The zero-order valence-corrected chi connectivity index (χ0v) is 13.7. The molecule has 1 heterocycles. The third kappa shape index (κ3) is 4.50. The van der Waals surface area contributed by atoms with E-state index in [-0.39, 0.29) is 11.8 Å². The summed E-state index contributed by atoms with van der Waals surface area (Å²) in [6.45, 7) is 3.80. The zero-order valence-electron chi connectivity index (χ0n) is 13.0. The van der Waals surface area contributed by atoms with Gasteiger partial charge < -0.3 is 19.6 Å². The van der Waals surface area contributed by atoms with Gasteiger partial charge in [0.2, 0.25) is 0 Å². The number of carbonyl (C=O) groups is 1. The van der Waals surface area contributed by atoms with Crippen molar-refractivity contribution in [2.24, 2.45) is 0 Å². The molecule has 1 saturated heterocycles. The van der Waals surface area contributed by atoms with E-state index in [9.17, 15) is 9.90 Å². The molecular weight excluding hydrogens is 306 g/mol. The Bertz CT molecular complexity index is 519. The largest absolute Gasteiger partial charge is 0.508 e. The van der Waals surface area contributed by atoms with Gasteiger partial charge in [-0.1, -0.05) is 11.6 Å². The number of amides is 2. The fraction of sp³-hybridized carbons (Fsp3) is 0.533. The molecule has 1 aliphatic rings. The molecule has 1 fully saturated rings. The lowest BCUT2D eigenvalue weighted by atomic mass is 10.2. The van der Waals surface area contributed by atoms with Crippen LogP contribution in [-0.4, -0.2) is 72.9 Å². The number of phenolic OH excluding ortho intramolecular Hbond substituents is 1. The van der Waals surface area contributed by atoms with Crippen molar-refractivity contribution in [2.75, 3.05) is 47.1 Å². The monoisotopic (exact) mass is 327 g/mol. The number of phenols is 1. The highest BCUT2D eigenvalue weighted by molar-refractivity contribution is 6.31. The first-order chi connectivity index (χ1) is 10.5. The summed E-state index contributed by atoms with van der Waals surface area (Å²) in [5.41, 5.74) is 0.727. The summed E-state index contributed by atoms with van der Waals surface area (Å²) >= 11 is 6.17. The minimum Gasteiger partial charge on any atom is -0.508 e. The van der Waals surface area contributed by atoms with Gasteiger partial charge in [0.15, 0.2) is 0 Å². The first kappa shape index (κ1) is 16.9. The average molecular weight is 328 g/mol. The number of nitrogens with zero attached hydrogens (tertiary/aromatic N) is 3. The summed E-state index contributed by atoms with van der Waals surface area (Å²) in [6.07, 6.45) is 0. The summed E-state index contributed by atoms with van der Waals surface area (Å²) in [5.74, 6) is 0.142. The van der Waals surface area contributed by atoms with Crippen LogP contribution >= 0.6 is 11.6 Å². The fourth-order valence-corrected chi connectivity index (χ4v) is 2.51. The Hall–Kier alpha value is -1.50. The van der Waals surface area contributed by atoms with E-state index in [0.717, 1.165) is 18.7 Å². The van der Waals surface area contributed by atoms with Crippen molar-refractivity contribution in [1.29, 1.82) is 0 Å². The van der Waals surface area contributed by atoms with E-state index in [0.29, 0.717) is 31.4 Å². The Morgan fingerprint density at radius 1 is 1.36 bits per heavy atom. The predicted molar refractivity (Wildman–Crippen MR) is 85.0 cm³/mol. The number of carbonyl (C=O) groups excluding carboxylic acids is 1. The Balaban J connectivity index is 2.12. The number of halogens is 1. The van der Waals surface area contributed by atoms with Crippen molar-refractivity contribution in [3.8, 4) is 5.75 Å². The molecule has 0 aliphatic carbocycles. The normalized spacial score (nSPS) is 15.6. The molecule has 6 nitrogen and oxygen atoms in total. The van der Waals surface area contributed by atoms with E-state index < -0.39 is 0 Å². The van der Waals surface area contributed by atoms with Crippen molar-refractivity contribution in [3.63, 3.8) is 0 Å². The van der Waals surface area contributed by atoms with Gasteiger partial charge in [0.05, 0.1) is 26.4 Å². The number of rotatable bonds is 4. The third-order valence-corrected chi connectivity index (χ3v) is 3.89. The molecule has 0 aromatic heterocycles. The molecule has 2 amide bonds. The van der Waals surface area contributed by atoms with E-state index >= 15 is 0 Å². The zero-order chi connectivity index (χ0) is 16.1. The average Bonchev–Trinajstić information content (AvgIpc) is 2.50. The maximum absolute atomic E-state index is 12.4. The molecule has 122 valence electrons. The second-order valence-electron chi connectivity index (χ2n) is 5.52. The van der Waals surface area contributed by atoms with Crippen LogP contribution in [0.5, 0.6) is 5.75 Å². The molecule has 0 bridgehead atoms. The van der Waals surface area contributed by atoms with Crippen LogP contribution in [0, 0.1) is 0 Å². The number of hydrogen-bond acceptors (Lipinski definition) is 4. The van der Waals surface area contributed by atoms with E-state index in [4.69, 9.17) is 16.3 Å². The number of aromatic hydroxyl groups is 1. The Kier molecular flexibility index (Phi) is 5.88. The van der Waals surface area contributed by atoms with Crippen molar-refractivity contribution in [1.82, 2.24) is 14.7 Å². The lowest BCUT2D eigenvalue weighted by molar-refractivity contribution is 0.0135. The Morgan fingerprint density at radius 2 is 2.05 bits per heavy atom. The molecule has 22 heavy (non-hydrogen) atoms. The summed E-state index contributed by atoms with van der Waals surface area (Å²) in [6, 6.07) is 4.67. The van der Waals surface area contributed by atoms with Gasteiger partial charge in [-0.25, -0.2) is 4.79 Å². The lowest BCUT2D eigenvalue weighted by Gasteiger charge is -2.34. The molecule has 1 aliphatic heterocycles. The molecule has 2 rings (SSSR count). The van der Waals surface area contributed by atoms with Crippen LogP contribution < -0.4 is 0 Å². The Morgan fingerprint density at radius 3 is 2.68 bits per heavy atom. The number of morpholine rings is 1. The highest BCUT2D eigenvalue weighted by Crippen LogP contribution is 2.23. The SMILES string of the molecule is CN(C)C(=O)N(Cc1cc(O)ccc1Cl)CN1CCOCC1. The van der Waals surface area contributed by atoms with Crippen LogP contribution in [0.3, 0.4) is 0 Å². The second-order valence-corrected chi connectivity index (χ2v) is 5.93. The van der Waals surface area contributed by atoms with E-state index in [1.807, 2.05) is 0 Å². The van der Waals surface area contributed by atoms with Crippen molar-refractivity contribution in [2.45, 2.75) is 6.54 Å². The molecule has 0 atom stereocenters. The molecule has 1 aromatic rings. The van der Waals surface area contributed by atoms with Crippen LogP contribution in [0.25, 0.3) is 0 Å². The lowest BCUT2D eigenvalue weighted by Crippen LogP contribution is -2.48.